The van der Waals surface area contributed by atoms with E-state index in [0.717, 1.165) is 16.8 Å². The van der Waals surface area contributed by atoms with Gasteiger partial charge in [0.05, 0.1) is 12.2 Å². The maximum Gasteiger partial charge on any atom is 0.267 e. The fraction of sp³-hybridized carbons (Fsp3) is 0.0625. The lowest BCUT2D eigenvalue weighted by Gasteiger charge is -2.07. The van der Waals surface area contributed by atoms with E-state index in [4.69, 9.17) is 11.6 Å². The SMILES string of the molecule is O=c1ccc(-c2ccc(Cl)cc2)nn1Cc1ccncc1. The predicted molar refractivity (Wildman–Crippen MR) is 82.3 cm³/mol. The van der Waals surface area contributed by atoms with Gasteiger partial charge in [-0.3, -0.25) is 9.78 Å². The van der Waals surface area contributed by atoms with Crippen molar-refractivity contribution in [2.45, 2.75) is 6.54 Å². The van der Waals surface area contributed by atoms with E-state index in [0.29, 0.717) is 11.6 Å². The number of halogens is 1. The topological polar surface area (TPSA) is 47.8 Å². The summed E-state index contributed by atoms with van der Waals surface area (Å²) in [4.78, 5) is 15.9. The quantitative estimate of drug-likeness (QED) is 0.746. The minimum absolute atomic E-state index is 0.135. The predicted octanol–water partition coefficient (Wildman–Crippen LogP) is 3.01. The number of nitrogens with zero attached hydrogens (tertiary/aromatic N) is 3. The molecule has 0 radical (unpaired) electrons. The Kier molecular flexibility index (Phi) is 3.79. The second kappa shape index (κ2) is 5.89. The molecule has 0 unspecified atom stereocenters. The molecule has 0 saturated carbocycles. The van der Waals surface area contributed by atoms with Crippen LogP contribution in [0.2, 0.25) is 5.02 Å². The van der Waals surface area contributed by atoms with Crippen LogP contribution in [0, 0.1) is 0 Å². The van der Waals surface area contributed by atoms with E-state index in [-0.39, 0.29) is 5.56 Å². The maximum absolute atomic E-state index is 11.9. The number of hydrogen-bond acceptors (Lipinski definition) is 3. The summed E-state index contributed by atoms with van der Waals surface area (Å²) >= 11 is 5.88. The Morgan fingerprint density at radius 1 is 0.952 bits per heavy atom. The van der Waals surface area contributed by atoms with E-state index in [1.54, 1.807) is 30.6 Å². The maximum atomic E-state index is 11.9. The van der Waals surface area contributed by atoms with Crippen LogP contribution in [0.1, 0.15) is 5.56 Å². The minimum Gasteiger partial charge on any atom is -0.268 e. The van der Waals surface area contributed by atoms with E-state index in [1.165, 1.54) is 10.7 Å². The first-order chi connectivity index (χ1) is 10.2. The third-order valence-corrected chi connectivity index (χ3v) is 3.34. The molecule has 104 valence electrons. The van der Waals surface area contributed by atoms with Crippen molar-refractivity contribution in [3.05, 3.63) is 81.9 Å². The van der Waals surface area contributed by atoms with Crippen LogP contribution in [0.15, 0.2) is 65.7 Å². The molecular formula is C16H12ClN3O. The summed E-state index contributed by atoms with van der Waals surface area (Å²) in [7, 11) is 0. The molecule has 5 heteroatoms. The molecule has 1 aromatic carbocycles. The highest BCUT2D eigenvalue weighted by atomic mass is 35.5. The van der Waals surface area contributed by atoms with Crippen LogP contribution in [0.25, 0.3) is 11.3 Å². The average molecular weight is 298 g/mol. The summed E-state index contributed by atoms with van der Waals surface area (Å²) in [6, 6.07) is 14.3. The van der Waals surface area contributed by atoms with E-state index in [2.05, 4.69) is 10.1 Å². The average Bonchev–Trinajstić information content (AvgIpc) is 2.51. The highest BCUT2D eigenvalue weighted by molar-refractivity contribution is 6.30. The Balaban J connectivity index is 1.96. The van der Waals surface area contributed by atoms with Gasteiger partial charge in [0.25, 0.3) is 5.56 Å². The summed E-state index contributed by atoms with van der Waals surface area (Å²) in [6.45, 7) is 0.419. The zero-order chi connectivity index (χ0) is 14.7. The minimum atomic E-state index is -0.135. The summed E-state index contributed by atoms with van der Waals surface area (Å²) in [5.74, 6) is 0. The molecule has 0 fully saturated rings. The van der Waals surface area contributed by atoms with Crippen LogP contribution in [0.3, 0.4) is 0 Å². The third kappa shape index (κ3) is 3.17. The van der Waals surface area contributed by atoms with Crippen LogP contribution in [0.4, 0.5) is 0 Å². The molecule has 0 aliphatic rings. The Bertz CT molecular complexity index is 798. The molecular weight excluding hydrogens is 286 g/mol. The van der Waals surface area contributed by atoms with Gasteiger partial charge in [-0.05, 0) is 35.9 Å². The van der Waals surface area contributed by atoms with Crippen molar-refractivity contribution in [3.63, 3.8) is 0 Å². The first-order valence-corrected chi connectivity index (χ1v) is 6.83. The van der Waals surface area contributed by atoms with Crippen LogP contribution >= 0.6 is 11.6 Å². The first-order valence-electron chi connectivity index (χ1n) is 6.45. The van der Waals surface area contributed by atoms with Crippen molar-refractivity contribution < 1.29 is 0 Å². The summed E-state index contributed by atoms with van der Waals surface area (Å²) in [5, 5.41) is 5.08. The molecule has 2 heterocycles. The van der Waals surface area contributed by atoms with Gasteiger partial charge in [0.2, 0.25) is 0 Å². The Morgan fingerprint density at radius 3 is 2.38 bits per heavy atom. The molecule has 0 aliphatic carbocycles. The second-order valence-electron chi connectivity index (χ2n) is 4.58. The molecule has 0 bridgehead atoms. The number of pyridine rings is 1. The molecule has 4 nitrogen and oxygen atoms in total. The first kappa shape index (κ1) is 13.5. The molecule has 0 aliphatic heterocycles. The zero-order valence-electron chi connectivity index (χ0n) is 11.1. The number of hydrogen-bond donors (Lipinski definition) is 0. The van der Waals surface area contributed by atoms with Crippen molar-refractivity contribution in [1.29, 1.82) is 0 Å². The molecule has 3 rings (SSSR count). The van der Waals surface area contributed by atoms with E-state index < -0.39 is 0 Å². The zero-order valence-corrected chi connectivity index (χ0v) is 11.9. The van der Waals surface area contributed by atoms with E-state index >= 15 is 0 Å². The smallest absolute Gasteiger partial charge is 0.267 e. The van der Waals surface area contributed by atoms with Gasteiger partial charge < -0.3 is 0 Å². The van der Waals surface area contributed by atoms with Gasteiger partial charge in [0.1, 0.15) is 0 Å². The van der Waals surface area contributed by atoms with Gasteiger partial charge in [0, 0.05) is 29.0 Å². The normalized spacial score (nSPS) is 10.5. The Labute approximate surface area is 126 Å². The fourth-order valence-electron chi connectivity index (χ4n) is 2.00. The third-order valence-electron chi connectivity index (χ3n) is 3.09. The lowest BCUT2D eigenvalue weighted by molar-refractivity contribution is 0.642. The van der Waals surface area contributed by atoms with Gasteiger partial charge >= 0.3 is 0 Å². The lowest BCUT2D eigenvalue weighted by Crippen LogP contribution is -2.22. The summed E-state index contributed by atoms with van der Waals surface area (Å²) in [5.41, 5.74) is 2.50. The summed E-state index contributed by atoms with van der Waals surface area (Å²) in [6.07, 6.45) is 3.40. The van der Waals surface area contributed by atoms with Crippen molar-refractivity contribution in [1.82, 2.24) is 14.8 Å². The van der Waals surface area contributed by atoms with Crippen molar-refractivity contribution in [3.8, 4) is 11.3 Å². The van der Waals surface area contributed by atoms with Crippen molar-refractivity contribution in [2.24, 2.45) is 0 Å². The highest BCUT2D eigenvalue weighted by Gasteiger charge is 2.04. The van der Waals surface area contributed by atoms with Gasteiger partial charge in [-0.15, -0.1) is 0 Å². The molecule has 21 heavy (non-hydrogen) atoms. The molecule has 0 N–H and O–H groups in total. The number of rotatable bonds is 3. The Morgan fingerprint density at radius 2 is 1.67 bits per heavy atom. The molecule has 0 saturated heterocycles. The standard InChI is InChI=1S/C16H12ClN3O/c17-14-3-1-13(2-4-14)15-5-6-16(21)20(19-15)11-12-7-9-18-10-8-12/h1-10H,11H2. The highest BCUT2D eigenvalue weighted by Crippen LogP contribution is 2.18. The van der Waals surface area contributed by atoms with E-state index in [1.807, 2.05) is 24.3 Å². The number of benzene rings is 1. The molecule has 2 aromatic heterocycles. The van der Waals surface area contributed by atoms with Crippen LogP contribution in [-0.2, 0) is 6.54 Å². The van der Waals surface area contributed by atoms with Gasteiger partial charge in [-0.2, -0.15) is 5.10 Å². The molecule has 0 atom stereocenters. The van der Waals surface area contributed by atoms with Crippen molar-refractivity contribution in [2.75, 3.05) is 0 Å². The van der Waals surface area contributed by atoms with Crippen molar-refractivity contribution >= 4 is 11.6 Å². The van der Waals surface area contributed by atoms with E-state index in [9.17, 15) is 4.79 Å². The second-order valence-corrected chi connectivity index (χ2v) is 5.01. The molecule has 0 spiro atoms. The molecule has 3 aromatic rings. The number of aromatic nitrogens is 3. The van der Waals surface area contributed by atoms with Gasteiger partial charge in [-0.1, -0.05) is 23.7 Å². The summed E-state index contributed by atoms with van der Waals surface area (Å²) < 4.78 is 1.44. The Hall–Kier alpha value is -2.46. The van der Waals surface area contributed by atoms with Gasteiger partial charge in [-0.25, -0.2) is 4.68 Å². The van der Waals surface area contributed by atoms with Gasteiger partial charge in [0.15, 0.2) is 0 Å². The lowest BCUT2D eigenvalue weighted by atomic mass is 10.1. The fourth-order valence-corrected chi connectivity index (χ4v) is 2.12. The monoisotopic (exact) mass is 297 g/mol. The van der Waals surface area contributed by atoms with Crippen LogP contribution in [0.5, 0.6) is 0 Å². The van der Waals surface area contributed by atoms with Crippen LogP contribution in [-0.4, -0.2) is 14.8 Å². The molecule has 0 amide bonds. The van der Waals surface area contributed by atoms with Crippen LogP contribution < -0.4 is 5.56 Å². The largest absolute Gasteiger partial charge is 0.268 e.